The summed E-state index contributed by atoms with van der Waals surface area (Å²) in [7, 11) is -0.856. The van der Waals surface area contributed by atoms with Crippen molar-refractivity contribution in [3.8, 4) is 0 Å². The van der Waals surface area contributed by atoms with Gasteiger partial charge in [0.1, 0.15) is 0 Å². The highest BCUT2D eigenvalue weighted by molar-refractivity contribution is 7.84. The molecule has 0 aliphatic carbocycles. The van der Waals surface area contributed by atoms with Crippen molar-refractivity contribution in [2.24, 2.45) is 0 Å². The Kier molecular flexibility index (Phi) is 5.15. The van der Waals surface area contributed by atoms with E-state index in [0.717, 1.165) is 5.56 Å². The minimum Gasteiger partial charge on any atom is -0.398 e. The van der Waals surface area contributed by atoms with E-state index in [2.05, 4.69) is 5.32 Å². The van der Waals surface area contributed by atoms with Crippen LogP contribution < -0.4 is 11.1 Å². The molecule has 0 aliphatic heterocycles. The summed E-state index contributed by atoms with van der Waals surface area (Å²) in [5, 5.41) is 2.72. The molecule has 0 fully saturated rings. The number of amides is 1. The molecule has 4 nitrogen and oxygen atoms in total. The second-order valence-corrected chi connectivity index (χ2v) is 5.59. The lowest BCUT2D eigenvalue weighted by Crippen LogP contribution is -2.28. The molecule has 94 valence electrons. The number of hydrogen-bond acceptors (Lipinski definition) is 3. The average molecular weight is 254 g/mol. The van der Waals surface area contributed by atoms with Gasteiger partial charge in [-0.1, -0.05) is 19.1 Å². The average Bonchev–Trinajstić information content (AvgIpc) is 2.32. The second kappa shape index (κ2) is 6.39. The Morgan fingerprint density at radius 3 is 2.82 bits per heavy atom. The standard InChI is InChI=1S/C12H18N2O2S/c1-3-17(16)8-7-14-12(15)10-6-4-5-9(2)11(10)13/h4-6H,3,7-8,13H2,1-2H3,(H,14,15). The highest BCUT2D eigenvalue weighted by Crippen LogP contribution is 2.15. The van der Waals surface area contributed by atoms with E-state index in [1.54, 1.807) is 12.1 Å². The molecule has 0 spiro atoms. The zero-order valence-corrected chi connectivity index (χ0v) is 11.0. The highest BCUT2D eigenvalue weighted by atomic mass is 32.2. The summed E-state index contributed by atoms with van der Waals surface area (Å²) in [5.41, 5.74) is 7.68. The third-order valence-corrected chi connectivity index (χ3v) is 3.81. The molecular weight excluding hydrogens is 236 g/mol. The van der Waals surface area contributed by atoms with Crippen molar-refractivity contribution in [1.82, 2.24) is 5.32 Å². The first kappa shape index (κ1) is 13.7. The first-order valence-electron chi connectivity index (χ1n) is 5.54. The van der Waals surface area contributed by atoms with Gasteiger partial charge in [0, 0.05) is 34.5 Å². The summed E-state index contributed by atoms with van der Waals surface area (Å²) >= 11 is 0. The molecule has 0 aromatic heterocycles. The van der Waals surface area contributed by atoms with Crippen LogP contribution in [0.3, 0.4) is 0 Å². The van der Waals surface area contributed by atoms with Crippen LogP contribution in [-0.4, -0.2) is 28.2 Å². The van der Waals surface area contributed by atoms with E-state index in [-0.39, 0.29) is 5.91 Å². The Morgan fingerprint density at radius 2 is 2.18 bits per heavy atom. The third-order valence-electron chi connectivity index (χ3n) is 2.51. The normalized spacial score (nSPS) is 12.1. The molecule has 0 bridgehead atoms. The van der Waals surface area contributed by atoms with Crippen LogP contribution in [0.2, 0.25) is 0 Å². The molecule has 1 atom stereocenters. The van der Waals surface area contributed by atoms with Gasteiger partial charge in [0.25, 0.3) is 5.91 Å². The summed E-state index contributed by atoms with van der Waals surface area (Å²) < 4.78 is 11.2. The van der Waals surface area contributed by atoms with Gasteiger partial charge in [0.15, 0.2) is 0 Å². The highest BCUT2D eigenvalue weighted by Gasteiger charge is 2.10. The van der Waals surface area contributed by atoms with Crippen LogP contribution >= 0.6 is 0 Å². The van der Waals surface area contributed by atoms with Crippen molar-refractivity contribution in [3.63, 3.8) is 0 Å². The number of rotatable bonds is 5. The summed E-state index contributed by atoms with van der Waals surface area (Å²) in [6.45, 7) is 4.13. The number of nitrogens with two attached hydrogens (primary N) is 1. The first-order valence-corrected chi connectivity index (χ1v) is 7.03. The molecule has 1 aromatic rings. The van der Waals surface area contributed by atoms with Gasteiger partial charge in [-0.2, -0.15) is 0 Å². The van der Waals surface area contributed by atoms with Crippen LogP contribution in [0.5, 0.6) is 0 Å². The van der Waals surface area contributed by atoms with E-state index in [1.165, 1.54) is 0 Å². The van der Waals surface area contributed by atoms with Crippen molar-refractivity contribution in [1.29, 1.82) is 0 Å². The molecule has 0 radical (unpaired) electrons. The van der Waals surface area contributed by atoms with Crippen LogP contribution in [0.25, 0.3) is 0 Å². The van der Waals surface area contributed by atoms with E-state index in [9.17, 15) is 9.00 Å². The number of carbonyl (C=O) groups excluding carboxylic acids is 1. The molecule has 1 unspecified atom stereocenters. The number of anilines is 1. The van der Waals surface area contributed by atoms with Gasteiger partial charge >= 0.3 is 0 Å². The molecule has 0 aliphatic rings. The fourth-order valence-electron chi connectivity index (χ4n) is 1.40. The third kappa shape index (κ3) is 3.85. The Hall–Kier alpha value is -1.36. The number of hydrogen-bond donors (Lipinski definition) is 2. The zero-order chi connectivity index (χ0) is 12.8. The molecule has 1 rings (SSSR count). The predicted molar refractivity (Wildman–Crippen MR) is 71.5 cm³/mol. The van der Waals surface area contributed by atoms with E-state index in [4.69, 9.17) is 5.73 Å². The lowest BCUT2D eigenvalue weighted by molar-refractivity contribution is 0.0957. The SMILES string of the molecule is CCS(=O)CCNC(=O)c1cccc(C)c1N. The number of para-hydroxylation sites is 1. The summed E-state index contributed by atoms with van der Waals surface area (Å²) in [6.07, 6.45) is 0. The van der Waals surface area contributed by atoms with Crippen LogP contribution in [0.15, 0.2) is 18.2 Å². The Morgan fingerprint density at radius 1 is 1.47 bits per heavy atom. The molecular formula is C12H18N2O2S. The van der Waals surface area contributed by atoms with Crippen molar-refractivity contribution in [3.05, 3.63) is 29.3 Å². The van der Waals surface area contributed by atoms with E-state index in [1.807, 2.05) is 19.9 Å². The number of carbonyl (C=O) groups is 1. The van der Waals surface area contributed by atoms with Crippen LogP contribution in [0, 0.1) is 6.92 Å². The van der Waals surface area contributed by atoms with Gasteiger partial charge < -0.3 is 11.1 Å². The molecule has 17 heavy (non-hydrogen) atoms. The van der Waals surface area contributed by atoms with E-state index >= 15 is 0 Å². The molecule has 0 saturated heterocycles. The molecule has 1 amide bonds. The Balaban J connectivity index is 2.59. The minimum absolute atomic E-state index is 0.209. The second-order valence-electron chi connectivity index (χ2n) is 3.72. The van der Waals surface area contributed by atoms with Gasteiger partial charge in [-0.05, 0) is 18.6 Å². The minimum atomic E-state index is -0.856. The topological polar surface area (TPSA) is 72.2 Å². The molecule has 1 aromatic carbocycles. The zero-order valence-electron chi connectivity index (χ0n) is 10.2. The molecule has 0 saturated carbocycles. The van der Waals surface area contributed by atoms with Crippen molar-refractivity contribution >= 4 is 22.4 Å². The van der Waals surface area contributed by atoms with Crippen LogP contribution in [0.4, 0.5) is 5.69 Å². The van der Waals surface area contributed by atoms with E-state index in [0.29, 0.717) is 29.3 Å². The van der Waals surface area contributed by atoms with Gasteiger partial charge in [0.05, 0.1) is 5.56 Å². The smallest absolute Gasteiger partial charge is 0.253 e. The summed E-state index contributed by atoms with van der Waals surface area (Å²) in [5.74, 6) is 0.885. The maximum absolute atomic E-state index is 11.8. The first-order chi connectivity index (χ1) is 8.06. The van der Waals surface area contributed by atoms with Crippen molar-refractivity contribution in [2.45, 2.75) is 13.8 Å². The lowest BCUT2D eigenvalue weighted by Gasteiger charge is -2.08. The maximum atomic E-state index is 11.8. The monoisotopic (exact) mass is 254 g/mol. The molecule has 3 N–H and O–H groups in total. The quantitative estimate of drug-likeness (QED) is 0.772. The van der Waals surface area contributed by atoms with E-state index < -0.39 is 10.8 Å². The number of aryl methyl sites for hydroxylation is 1. The summed E-state index contributed by atoms with van der Waals surface area (Å²) in [4.78, 5) is 11.8. The number of benzene rings is 1. The number of nitrogen functional groups attached to an aromatic ring is 1. The predicted octanol–water partition coefficient (Wildman–Crippen LogP) is 1.08. The van der Waals surface area contributed by atoms with Gasteiger partial charge in [-0.15, -0.1) is 0 Å². The van der Waals surface area contributed by atoms with Crippen molar-refractivity contribution < 1.29 is 9.00 Å². The maximum Gasteiger partial charge on any atom is 0.253 e. The summed E-state index contributed by atoms with van der Waals surface area (Å²) in [6, 6.07) is 5.34. The van der Waals surface area contributed by atoms with Crippen molar-refractivity contribution in [2.75, 3.05) is 23.8 Å². The van der Waals surface area contributed by atoms with Gasteiger partial charge in [-0.25, -0.2) is 0 Å². The largest absolute Gasteiger partial charge is 0.398 e. The van der Waals surface area contributed by atoms with Crippen LogP contribution in [0.1, 0.15) is 22.8 Å². The molecule has 0 heterocycles. The van der Waals surface area contributed by atoms with Gasteiger partial charge in [-0.3, -0.25) is 9.00 Å². The number of nitrogens with one attached hydrogen (secondary N) is 1. The fourth-order valence-corrected chi connectivity index (χ4v) is 2.02. The molecule has 5 heteroatoms. The Labute approximate surface area is 104 Å². The lowest BCUT2D eigenvalue weighted by atomic mass is 10.1. The fraction of sp³-hybridized carbons (Fsp3) is 0.417. The Bertz CT molecular complexity index is 433. The van der Waals surface area contributed by atoms with Crippen LogP contribution in [-0.2, 0) is 10.8 Å². The van der Waals surface area contributed by atoms with Gasteiger partial charge in [0.2, 0.25) is 0 Å².